The molecule has 0 aliphatic rings. The highest BCUT2D eigenvalue weighted by Gasteiger charge is 2.25. The summed E-state index contributed by atoms with van der Waals surface area (Å²) in [5.74, 6) is 0. The maximum atomic E-state index is 10.3. The smallest absolute Gasteiger partial charge is 0.450 e. The first-order valence-corrected chi connectivity index (χ1v) is 6.22. The molecule has 0 saturated carbocycles. The van der Waals surface area contributed by atoms with Gasteiger partial charge in [0.25, 0.3) is 0 Å². The molecule has 0 fully saturated rings. The van der Waals surface area contributed by atoms with Crippen LogP contribution in [0.15, 0.2) is 0 Å². The van der Waals surface area contributed by atoms with Gasteiger partial charge in [0, 0.05) is 6.42 Å². The van der Waals surface area contributed by atoms with Crippen LogP contribution in [0.4, 0.5) is 4.79 Å². The summed E-state index contributed by atoms with van der Waals surface area (Å²) < 4.78 is 9.18. The van der Waals surface area contributed by atoms with Gasteiger partial charge in [-0.05, 0) is 66.0 Å². The Hall–Kier alpha value is 0.690. The number of hydrogen-bond acceptors (Lipinski definition) is 3. The second-order valence-electron chi connectivity index (χ2n) is 3.43. The van der Waals surface area contributed by atoms with E-state index in [-0.39, 0.29) is 3.61 Å². The van der Waals surface area contributed by atoms with Gasteiger partial charge in [0.2, 0.25) is 0 Å². The monoisotopic (exact) mass is 428 g/mol. The molecule has 1 atom stereocenters. The van der Waals surface area contributed by atoms with E-state index >= 15 is 0 Å². The molecule has 0 heterocycles. The lowest BCUT2D eigenvalue weighted by Crippen LogP contribution is -2.27. The molecule has 0 aliphatic heterocycles. The molecular formula is C8H14I2O4. The maximum absolute atomic E-state index is 10.3. The van der Waals surface area contributed by atoms with Gasteiger partial charge in [-0.3, -0.25) is 0 Å². The average molecular weight is 428 g/mol. The molecule has 1 unspecified atom stereocenters. The van der Waals surface area contributed by atoms with Crippen molar-refractivity contribution in [2.75, 3.05) is 6.61 Å². The van der Waals surface area contributed by atoms with Crippen LogP contribution in [0, 0.1) is 0 Å². The topological polar surface area (TPSA) is 55.8 Å². The third-order valence-corrected chi connectivity index (χ3v) is 2.37. The maximum Gasteiger partial charge on any atom is 0.507 e. The Balaban J connectivity index is 3.82. The Kier molecular flexibility index (Phi) is 5.97. The van der Waals surface area contributed by atoms with Crippen molar-refractivity contribution in [3.8, 4) is 0 Å². The molecule has 0 rings (SSSR count). The number of alkyl halides is 2. The van der Waals surface area contributed by atoms with Crippen LogP contribution in [0.5, 0.6) is 0 Å². The summed E-state index contributed by atoms with van der Waals surface area (Å²) in [6.07, 6.45) is -0.720. The van der Waals surface area contributed by atoms with Crippen LogP contribution < -0.4 is 0 Å². The fourth-order valence-corrected chi connectivity index (χ4v) is 1.34. The van der Waals surface area contributed by atoms with Crippen molar-refractivity contribution in [2.24, 2.45) is 0 Å². The lowest BCUT2D eigenvalue weighted by atomic mass is 10.3. The first-order chi connectivity index (χ1) is 6.12. The minimum Gasteiger partial charge on any atom is -0.450 e. The lowest BCUT2D eigenvalue weighted by molar-refractivity contribution is 0.0123. The van der Waals surface area contributed by atoms with Crippen LogP contribution in [0.25, 0.3) is 0 Å². The van der Waals surface area contributed by atoms with E-state index in [9.17, 15) is 4.79 Å². The Labute approximate surface area is 111 Å². The highest BCUT2D eigenvalue weighted by atomic mass is 127. The van der Waals surface area contributed by atoms with Crippen LogP contribution in [0.1, 0.15) is 27.2 Å². The van der Waals surface area contributed by atoms with Gasteiger partial charge >= 0.3 is 6.16 Å². The van der Waals surface area contributed by atoms with E-state index in [4.69, 9.17) is 9.84 Å². The second kappa shape index (κ2) is 5.69. The van der Waals surface area contributed by atoms with Gasteiger partial charge in [0.05, 0.1) is 6.61 Å². The normalized spacial score (nSPS) is 16.1. The van der Waals surface area contributed by atoms with Gasteiger partial charge in [-0.25, -0.2) is 4.79 Å². The number of hydrogen-bond donors (Lipinski definition) is 1. The minimum absolute atomic E-state index is 0.228. The van der Waals surface area contributed by atoms with Crippen molar-refractivity contribution in [3.05, 3.63) is 0 Å². The summed E-state index contributed by atoms with van der Waals surface area (Å²) in [5.41, 5.74) is 0. The standard InChI is InChI=1S/C8H14I2O4/c1-7(2,9)13-5-4-8(3,10)14-6(11)12/h4-5H2,1-3H3,(H,11,12). The third kappa shape index (κ3) is 9.25. The molecule has 14 heavy (non-hydrogen) atoms. The molecule has 4 nitrogen and oxygen atoms in total. The van der Waals surface area contributed by atoms with E-state index in [1.54, 1.807) is 6.92 Å². The van der Waals surface area contributed by atoms with E-state index in [1.165, 1.54) is 0 Å². The van der Waals surface area contributed by atoms with E-state index in [0.29, 0.717) is 13.0 Å². The zero-order valence-electron chi connectivity index (χ0n) is 8.34. The Bertz CT molecular complexity index is 198. The highest BCUT2D eigenvalue weighted by Crippen LogP contribution is 2.26. The number of ether oxygens (including phenoxy) is 2. The van der Waals surface area contributed by atoms with Gasteiger partial charge in [0.1, 0.15) is 3.61 Å². The summed E-state index contributed by atoms with van der Waals surface area (Å²) in [4.78, 5) is 10.3. The second-order valence-corrected chi connectivity index (χ2v) is 8.31. The van der Waals surface area contributed by atoms with E-state index in [0.717, 1.165) is 0 Å². The van der Waals surface area contributed by atoms with Gasteiger partial charge in [-0.15, -0.1) is 0 Å². The molecule has 0 radical (unpaired) electrons. The largest absolute Gasteiger partial charge is 0.507 e. The Morgan fingerprint density at radius 3 is 2.21 bits per heavy atom. The molecule has 84 valence electrons. The van der Waals surface area contributed by atoms with Crippen molar-refractivity contribution in [2.45, 2.75) is 34.4 Å². The zero-order chi connectivity index (χ0) is 11.4. The molecule has 0 aromatic heterocycles. The molecule has 0 amide bonds. The van der Waals surface area contributed by atoms with Crippen LogP contribution >= 0.6 is 45.2 Å². The van der Waals surface area contributed by atoms with Crippen molar-refractivity contribution < 1.29 is 19.4 Å². The third-order valence-electron chi connectivity index (χ3n) is 1.29. The first-order valence-electron chi connectivity index (χ1n) is 4.06. The van der Waals surface area contributed by atoms with E-state index in [2.05, 4.69) is 27.3 Å². The van der Waals surface area contributed by atoms with E-state index < -0.39 is 9.76 Å². The Morgan fingerprint density at radius 2 is 1.86 bits per heavy atom. The molecule has 0 aliphatic carbocycles. The molecular weight excluding hydrogens is 414 g/mol. The first kappa shape index (κ1) is 14.7. The number of carboxylic acid groups (broad SMARTS) is 1. The zero-order valence-corrected chi connectivity index (χ0v) is 12.7. The molecule has 0 aromatic rings. The number of halogens is 2. The molecule has 0 saturated heterocycles. The van der Waals surface area contributed by atoms with Gasteiger partial charge in [-0.1, -0.05) is 0 Å². The summed E-state index contributed by atoms with van der Waals surface area (Å²) in [6, 6.07) is 0. The predicted octanol–water partition coefficient (Wildman–Crippen LogP) is 3.41. The fourth-order valence-electron chi connectivity index (χ4n) is 0.709. The molecule has 0 aromatic carbocycles. The summed E-state index contributed by atoms with van der Waals surface area (Å²) in [5, 5.41) is 8.44. The van der Waals surface area contributed by atoms with Crippen LogP contribution in [-0.4, -0.2) is 25.1 Å². The summed E-state index contributed by atoms with van der Waals surface area (Å²) >= 11 is 4.13. The van der Waals surface area contributed by atoms with E-state index in [1.807, 2.05) is 36.4 Å². The highest BCUT2D eigenvalue weighted by molar-refractivity contribution is 14.1. The minimum atomic E-state index is -1.25. The Morgan fingerprint density at radius 1 is 1.36 bits per heavy atom. The van der Waals surface area contributed by atoms with Gasteiger partial charge in [0.15, 0.2) is 3.61 Å². The lowest BCUT2D eigenvalue weighted by Gasteiger charge is -2.23. The van der Waals surface area contributed by atoms with Crippen LogP contribution in [0.2, 0.25) is 0 Å². The van der Waals surface area contributed by atoms with Gasteiger partial charge < -0.3 is 14.6 Å². The average Bonchev–Trinajstić information content (AvgIpc) is 1.78. The van der Waals surface area contributed by atoms with Crippen molar-refractivity contribution >= 4 is 51.3 Å². The molecule has 0 bridgehead atoms. The SMILES string of the molecule is CC(C)(I)OCCC(C)(I)OC(=O)O. The number of carbonyl (C=O) groups is 1. The fraction of sp³-hybridized carbons (Fsp3) is 0.875. The van der Waals surface area contributed by atoms with Gasteiger partial charge in [-0.2, -0.15) is 0 Å². The predicted molar refractivity (Wildman–Crippen MR) is 70.2 cm³/mol. The number of rotatable bonds is 5. The van der Waals surface area contributed by atoms with Crippen molar-refractivity contribution in [1.82, 2.24) is 0 Å². The van der Waals surface area contributed by atoms with Crippen molar-refractivity contribution in [3.63, 3.8) is 0 Å². The van der Waals surface area contributed by atoms with Crippen LogP contribution in [0.3, 0.4) is 0 Å². The summed E-state index contributed by atoms with van der Waals surface area (Å²) in [6.45, 7) is 6.07. The van der Waals surface area contributed by atoms with Crippen LogP contribution in [-0.2, 0) is 9.47 Å². The molecule has 6 heteroatoms. The van der Waals surface area contributed by atoms with Crippen molar-refractivity contribution in [1.29, 1.82) is 0 Å². The quantitative estimate of drug-likeness (QED) is 0.415. The summed E-state index contributed by atoms with van der Waals surface area (Å²) in [7, 11) is 0. The molecule has 1 N–H and O–H groups in total. The molecule has 0 spiro atoms.